The molecule has 0 fully saturated rings. The first-order valence-corrected chi connectivity index (χ1v) is 7.62. The van der Waals surface area contributed by atoms with Crippen LogP contribution >= 0.6 is 0 Å². The number of carbonyl (C=O) groups excluding carboxylic acids is 1. The summed E-state index contributed by atoms with van der Waals surface area (Å²) in [6, 6.07) is 14.5. The zero-order valence-electron chi connectivity index (χ0n) is 12.4. The summed E-state index contributed by atoms with van der Waals surface area (Å²) in [5.41, 5.74) is 2.72. The third-order valence-electron chi connectivity index (χ3n) is 4.28. The van der Waals surface area contributed by atoms with Gasteiger partial charge in [-0.25, -0.2) is 0 Å². The highest BCUT2D eigenvalue weighted by Gasteiger charge is 2.11. The molecule has 0 heterocycles. The summed E-state index contributed by atoms with van der Waals surface area (Å²) in [5.74, 6) is 0.408. The molecule has 2 heteroatoms. The Bertz CT molecular complexity index is 935. The van der Waals surface area contributed by atoms with E-state index in [0.29, 0.717) is 12.2 Å². The molecular weight excluding hydrogens is 272 g/mol. The van der Waals surface area contributed by atoms with Crippen LogP contribution in [0.5, 0.6) is 5.75 Å². The minimum atomic E-state index is -0.205. The fourth-order valence-electron chi connectivity index (χ4n) is 3.16. The van der Waals surface area contributed by atoms with Crippen molar-refractivity contribution in [2.45, 2.75) is 19.8 Å². The second-order valence-corrected chi connectivity index (χ2v) is 5.61. The number of ether oxygens (including phenoxy) is 1. The fourth-order valence-corrected chi connectivity index (χ4v) is 3.16. The Hall–Kier alpha value is -2.61. The second kappa shape index (κ2) is 4.99. The van der Waals surface area contributed by atoms with Crippen LogP contribution < -0.4 is 4.74 Å². The number of hydrogen-bond donors (Lipinski definition) is 0. The average molecular weight is 288 g/mol. The van der Waals surface area contributed by atoms with Crippen molar-refractivity contribution in [2.24, 2.45) is 0 Å². The first-order valence-electron chi connectivity index (χ1n) is 7.62. The number of benzene rings is 3. The van der Waals surface area contributed by atoms with Crippen LogP contribution in [0.25, 0.3) is 27.6 Å². The number of hydrogen-bond acceptors (Lipinski definition) is 2. The number of rotatable bonds is 2. The van der Waals surface area contributed by atoms with Gasteiger partial charge in [0.25, 0.3) is 0 Å². The zero-order chi connectivity index (χ0) is 15.1. The van der Waals surface area contributed by atoms with Gasteiger partial charge in [0.2, 0.25) is 0 Å². The first-order chi connectivity index (χ1) is 10.8. The van der Waals surface area contributed by atoms with Crippen molar-refractivity contribution in [3.8, 4) is 5.75 Å². The predicted molar refractivity (Wildman–Crippen MR) is 90.1 cm³/mol. The normalized spacial score (nSPS) is 12.8. The maximum atomic E-state index is 11.4. The summed E-state index contributed by atoms with van der Waals surface area (Å²) in [7, 11) is 0. The molecule has 0 N–H and O–H groups in total. The molecule has 3 aromatic carbocycles. The predicted octanol–water partition coefficient (Wildman–Crippen LogP) is 4.88. The largest absolute Gasteiger partial charge is 0.427 e. The Balaban J connectivity index is 1.89. The first kappa shape index (κ1) is 13.1. The van der Waals surface area contributed by atoms with Crippen LogP contribution in [0.2, 0.25) is 0 Å². The summed E-state index contributed by atoms with van der Waals surface area (Å²) in [4.78, 5) is 11.4. The van der Waals surface area contributed by atoms with Gasteiger partial charge in [0.05, 0.1) is 0 Å². The molecule has 0 radical (unpaired) electrons. The van der Waals surface area contributed by atoms with Crippen LogP contribution in [0.3, 0.4) is 0 Å². The van der Waals surface area contributed by atoms with Crippen molar-refractivity contribution in [3.05, 3.63) is 59.7 Å². The van der Waals surface area contributed by atoms with Gasteiger partial charge in [-0.05, 0) is 51.2 Å². The van der Waals surface area contributed by atoms with Gasteiger partial charge in [-0.2, -0.15) is 0 Å². The molecule has 0 amide bonds. The lowest BCUT2D eigenvalue weighted by Crippen LogP contribution is -2.05. The van der Waals surface area contributed by atoms with E-state index >= 15 is 0 Å². The van der Waals surface area contributed by atoms with Gasteiger partial charge < -0.3 is 4.74 Å². The summed E-state index contributed by atoms with van der Waals surface area (Å²) < 4.78 is 5.31. The molecule has 108 valence electrons. The van der Waals surface area contributed by atoms with E-state index in [0.717, 1.165) is 11.8 Å². The SMILES string of the molecule is CCC(=O)Oc1ccc2c(ccc3c4c(ccc32)C=CC4)c1. The summed E-state index contributed by atoms with van der Waals surface area (Å²) >= 11 is 0. The maximum absolute atomic E-state index is 11.4. The van der Waals surface area contributed by atoms with Crippen molar-refractivity contribution < 1.29 is 9.53 Å². The number of fused-ring (bicyclic) bond motifs is 5. The Morgan fingerprint density at radius 3 is 2.73 bits per heavy atom. The molecule has 0 saturated carbocycles. The molecule has 2 nitrogen and oxygen atoms in total. The third-order valence-corrected chi connectivity index (χ3v) is 4.28. The average Bonchev–Trinajstić information content (AvgIpc) is 3.03. The van der Waals surface area contributed by atoms with Crippen LogP contribution in [-0.2, 0) is 11.2 Å². The molecule has 3 aromatic rings. The van der Waals surface area contributed by atoms with E-state index in [1.165, 1.54) is 27.3 Å². The van der Waals surface area contributed by atoms with E-state index in [2.05, 4.69) is 36.4 Å². The van der Waals surface area contributed by atoms with Gasteiger partial charge in [-0.15, -0.1) is 0 Å². The van der Waals surface area contributed by atoms with Crippen LogP contribution in [0, 0.1) is 0 Å². The Morgan fingerprint density at radius 1 is 1.05 bits per heavy atom. The number of carbonyl (C=O) groups is 1. The van der Waals surface area contributed by atoms with E-state index in [1.807, 2.05) is 18.2 Å². The molecule has 1 aliphatic rings. The van der Waals surface area contributed by atoms with E-state index in [1.54, 1.807) is 6.92 Å². The summed E-state index contributed by atoms with van der Waals surface area (Å²) in [6.45, 7) is 1.80. The molecule has 0 saturated heterocycles. The Morgan fingerprint density at radius 2 is 1.86 bits per heavy atom. The zero-order valence-corrected chi connectivity index (χ0v) is 12.4. The van der Waals surface area contributed by atoms with Crippen LogP contribution in [0.15, 0.2) is 48.5 Å². The van der Waals surface area contributed by atoms with Crippen molar-refractivity contribution in [1.29, 1.82) is 0 Å². The monoisotopic (exact) mass is 288 g/mol. The van der Waals surface area contributed by atoms with Crippen LogP contribution in [0.1, 0.15) is 24.5 Å². The highest BCUT2D eigenvalue weighted by atomic mass is 16.5. The van der Waals surface area contributed by atoms with Gasteiger partial charge >= 0.3 is 5.97 Å². The van der Waals surface area contributed by atoms with E-state index in [4.69, 9.17) is 4.74 Å². The molecule has 4 rings (SSSR count). The lowest BCUT2D eigenvalue weighted by Gasteiger charge is -2.10. The van der Waals surface area contributed by atoms with Gasteiger partial charge in [-0.1, -0.05) is 49.4 Å². The van der Waals surface area contributed by atoms with Crippen molar-refractivity contribution in [3.63, 3.8) is 0 Å². The highest BCUT2D eigenvalue weighted by Crippen LogP contribution is 2.34. The Labute approximate surface area is 129 Å². The van der Waals surface area contributed by atoms with E-state index in [-0.39, 0.29) is 5.97 Å². The standard InChI is InChI=1S/C20H16O2/c1-2-20(21)22-15-8-11-17-14(12-15)7-10-18-16-5-3-4-13(16)6-9-19(17)18/h3-4,6-12H,2,5H2,1H3. The topological polar surface area (TPSA) is 26.3 Å². The minimum Gasteiger partial charge on any atom is -0.427 e. The van der Waals surface area contributed by atoms with Crippen molar-refractivity contribution in [1.82, 2.24) is 0 Å². The van der Waals surface area contributed by atoms with Gasteiger partial charge in [0, 0.05) is 6.42 Å². The molecule has 0 spiro atoms. The molecule has 0 aromatic heterocycles. The van der Waals surface area contributed by atoms with Gasteiger partial charge in [0.1, 0.15) is 5.75 Å². The molecule has 0 aliphatic heterocycles. The van der Waals surface area contributed by atoms with Crippen LogP contribution in [0.4, 0.5) is 0 Å². The minimum absolute atomic E-state index is 0.205. The molecule has 0 atom stereocenters. The second-order valence-electron chi connectivity index (χ2n) is 5.61. The molecular formula is C20H16O2. The number of esters is 1. The van der Waals surface area contributed by atoms with E-state index in [9.17, 15) is 4.79 Å². The van der Waals surface area contributed by atoms with Crippen molar-refractivity contribution >= 4 is 33.6 Å². The molecule has 0 unspecified atom stereocenters. The Kier molecular flexibility index (Phi) is 2.97. The quantitative estimate of drug-likeness (QED) is 0.382. The van der Waals surface area contributed by atoms with Crippen LogP contribution in [-0.4, -0.2) is 5.97 Å². The number of allylic oxidation sites excluding steroid dienone is 1. The summed E-state index contributed by atoms with van der Waals surface area (Å²) in [6.07, 6.45) is 5.78. The lowest BCUT2D eigenvalue weighted by atomic mass is 9.96. The van der Waals surface area contributed by atoms with E-state index < -0.39 is 0 Å². The van der Waals surface area contributed by atoms with Crippen molar-refractivity contribution in [2.75, 3.05) is 0 Å². The smallest absolute Gasteiger partial charge is 0.310 e. The molecule has 1 aliphatic carbocycles. The van der Waals surface area contributed by atoms with Gasteiger partial charge in [0.15, 0.2) is 0 Å². The lowest BCUT2D eigenvalue weighted by molar-refractivity contribution is -0.134. The summed E-state index contributed by atoms with van der Waals surface area (Å²) in [5, 5.41) is 4.87. The maximum Gasteiger partial charge on any atom is 0.310 e. The fraction of sp³-hybridized carbons (Fsp3) is 0.150. The third kappa shape index (κ3) is 2.00. The van der Waals surface area contributed by atoms with Gasteiger partial charge in [-0.3, -0.25) is 4.79 Å². The molecule has 0 bridgehead atoms. The molecule has 22 heavy (non-hydrogen) atoms. The highest BCUT2D eigenvalue weighted by molar-refractivity contribution is 6.09.